The third-order valence-corrected chi connectivity index (χ3v) is 4.44. The fourth-order valence-corrected chi connectivity index (χ4v) is 2.54. The number of rotatable bonds is 13. The number of hydrogen-bond donors (Lipinski definition) is 1. The van der Waals surface area contributed by atoms with Gasteiger partial charge in [0, 0.05) is 0 Å². The molecule has 176 valence electrons. The van der Waals surface area contributed by atoms with Crippen LogP contribution in [0.5, 0.6) is 0 Å². The van der Waals surface area contributed by atoms with E-state index >= 15 is 0 Å². The van der Waals surface area contributed by atoms with Crippen molar-refractivity contribution in [2.75, 3.05) is 19.8 Å². The molecule has 0 unspecified atom stereocenters. The number of carboxylic acid groups (broad SMARTS) is 1. The molecule has 0 spiro atoms. The zero-order valence-corrected chi connectivity index (χ0v) is 18.3. The first kappa shape index (κ1) is 25.5. The van der Waals surface area contributed by atoms with Crippen LogP contribution in [-0.2, 0) is 19.2 Å². The minimum absolute atomic E-state index is 0.0827. The predicted molar refractivity (Wildman–Crippen MR) is 116 cm³/mol. The van der Waals surface area contributed by atoms with Gasteiger partial charge in [-0.15, -0.1) is 0 Å². The molecule has 0 heterocycles. The van der Waals surface area contributed by atoms with Gasteiger partial charge in [-0.2, -0.15) is 4.89 Å². The molecular weight excluding hydrogens is 432 g/mol. The summed E-state index contributed by atoms with van der Waals surface area (Å²) in [6, 6.07) is 11.3. The zero-order chi connectivity index (χ0) is 24.1. The predicted octanol–water partition coefficient (Wildman–Crippen LogP) is 4.07. The van der Waals surface area contributed by atoms with Gasteiger partial charge >= 0.3 is 23.9 Å². The summed E-state index contributed by atoms with van der Waals surface area (Å²) < 4.78 is 10.3. The number of carbonyl (C=O) groups excluding carboxylic acids is 3. The maximum absolute atomic E-state index is 12.1. The van der Waals surface area contributed by atoms with Crippen LogP contribution in [0.3, 0.4) is 0 Å². The van der Waals surface area contributed by atoms with Crippen LogP contribution in [0.1, 0.15) is 74.0 Å². The summed E-state index contributed by atoms with van der Waals surface area (Å²) in [4.78, 5) is 56.1. The third kappa shape index (κ3) is 8.74. The van der Waals surface area contributed by atoms with Crippen molar-refractivity contribution in [2.45, 2.75) is 32.6 Å². The van der Waals surface area contributed by atoms with E-state index < -0.39 is 23.9 Å². The highest BCUT2D eigenvalue weighted by Crippen LogP contribution is 2.09. The smallest absolute Gasteiger partial charge is 0.373 e. The van der Waals surface area contributed by atoms with E-state index in [1.54, 1.807) is 0 Å². The molecule has 9 nitrogen and oxygen atoms in total. The maximum atomic E-state index is 12.1. The van der Waals surface area contributed by atoms with Crippen molar-refractivity contribution in [3.8, 4) is 0 Å². The number of hydrogen-bond acceptors (Lipinski definition) is 8. The van der Waals surface area contributed by atoms with Crippen LogP contribution < -0.4 is 0 Å². The molecule has 2 rings (SSSR count). The van der Waals surface area contributed by atoms with Crippen LogP contribution in [-0.4, -0.2) is 48.8 Å². The van der Waals surface area contributed by atoms with Crippen LogP contribution >= 0.6 is 0 Å². The summed E-state index contributed by atoms with van der Waals surface area (Å²) in [6.07, 6.45) is 2.67. The van der Waals surface area contributed by atoms with Gasteiger partial charge in [0.25, 0.3) is 0 Å². The summed E-state index contributed by atoms with van der Waals surface area (Å²) in [5, 5.41) is 8.85. The van der Waals surface area contributed by atoms with Gasteiger partial charge in [0.05, 0.1) is 42.1 Å². The second-order valence-corrected chi connectivity index (χ2v) is 6.99. The molecular formula is C24H26O9. The lowest BCUT2D eigenvalue weighted by Crippen LogP contribution is -2.10. The molecule has 0 aliphatic rings. The third-order valence-electron chi connectivity index (χ3n) is 4.44. The number of benzene rings is 2. The molecule has 0 atom stereocenters. The fraction of sp³-hybridized carbons (Fsp3) is 0.333. The highest BCUT2D eigenvalue weighted by molar-refractivity contribution is 5.93. The average Bonchev–Trinajstić information content (AvgIpc) is 2.83. The summed E-state index contributed by atoms with van der Waals surface area (Å²) in [5.41, 5.74) is 0.878. The van der Waals surface area contributed by atoms with Crippen LogP contribution in [0.4, 0.5) is 0 Å². The molecule has 0 aliphatic heterocycles. The number of ether oxygens (including phenoxy) is 2. The number of esters is 2. The van der Waals surface area contributed by atoms with E-state index in [-0.39, 0.29) is 35.5 Å². The van der Waals surface area contributed by atoms with Crippen molar-refractivity contribution in [3.63, 3.8) is 0 Å². The van der Waals surface area contributed by atoms with E-state index in [0.717, 1.165) is 12.8 Å². The van der Waals surface area contributed by atoms with Gasteiger partial charge in [-0.1, -0.05) is 13.3 Å². The molecule has 1 N–H and O–H groups in total. The monoisotopic (exact) mass is 458 g/mol. The highest BCUT2D eigenvalue weighted by Gasteiger charge is 2.12. The van der Waals surface area contributed by atoms with Crippen molar-refractivity contribution in [1.29, 1.82) is 0 Å². The van der Waals surface area contributed by atoms with E-state index in [1.807, 2.05) is 6.92 Å². The molecule has 0 amide bonds. The number of carboxylic acids is 1. The Bertz CT molecular complexity index is 933. The maximum Gasteiger partial charge on any atom is 0.373 e. The Labute approximate surface area is 191 Å². The molecule has 2 aromatic rings. The lowest BCUT2D eigenvalue weighted by Gasteiger charge is -2.07. The minimum atomic E-state index is -1.07. The summed E-state index contributed by atoms with van der Waals surface area (Å²) in [5.74, 6) is -2.81. The Morgan fingerprint density at radius 2 is 1.06 bits per heavy atom. The van der Waals surface area contributed by atoms with Gasteiger partial charge in [0.15, 0.2) is 0 Å². The van der Waals surface area contributed by atoms with E-state index in [0.29, 0.717) is 19.4 Å². The Morgan fingerprint density at radius 3 is 1.48 bits per heavy atom. The van der Waals surface area contributed by atoms with E-state index in [2.05, 4.69) is 4.89 Å². The quantitative estimate of drug-likeness (QED) is 0.205. The molecule has 33 heavy (non-hydrogen) atoms. The van der Waals surface area contributed by atoms with Crippen LogP contribution in [0.2, 0.25) is 0 Å². The standard InChI is InChI=1S/C24H26O9/c1-2-3-16-32-33-24(29)20-12-10-19(11-13-20)23(28)31-15-5-4-14-30-22(27)18-8-6-17(7-9-18)21(25)26/h6-13H,2-5,14-16H2,1H3,(H,25,26). The molecule has 0 fully saturated rings. The molecule has 0 saturated carbocycles. The van der Waals surface area contributed by atoms with E-state index in [4.69, 9.17) is 19.5 Å². The SMILES string of the molecule is CCCCOOC(=O)c1ccc(C(=O)OCCCCOC(=O)c2ccc(C(=O)O)cc2)cc1. The lowest BCUT2D eigenvalue weighted by atomic mass is 10.1. The first-order chi connectivity index (χ1) is 15.9. The summed E-state index contributed by atoms with van der Waals surface area (Å²) >= 11 is 0. The second kappa shape index (κ2) is 13.6. The highest BCUT2D eigenvalue weighted by atomic mass is 17.2. The Kier molecular flexibility index (Phi) is 10.6. The van der Waals surface area contributed by atoms with E-state index in [9.17, 15) is 19.2 Å². The first-order valence-electron chi connectivity index (χ1n) is 10.5. The van der Waals surface area contributed by atoms with Gasteiger partial charge < -0.3 is 14.6 Å². The van der Waals surface area contributed by atoms with Gasteiger partial charge in [0.1, 0.15) is 0 Å². The van der Waals surface area contributed by atoms with Gasteiger partial charge in [0.2, 0.25) is 0 Å². The van der Waals surface area contributed by atoms with Gasteiger partial charge in [-0.25, -0.2) is 19.2 Å². The molecule has 0 aromatic heterocycles. The average molecular weight is 458 g/mol. The number of unbranched alkanes of at least 4 members (excludes halogenated alkanes) is 2. The number of aromatic carboxylic acids is 1. The lowest BCUT2D eigenvalue weighted by molar-refractivity contribution is -0.241. The van der Waals surface area contributed by atoms with Gasteiger partial charge in [-0.05, 0) is 67.8 Å². The van der Waals surface area contributed by atoms with Crippen molar-refractivity contribution in [3.05, 3.63) is 70.8 Å². The number of carbonyl (C=O) groups is 4. The first-order valence-corrected chi connectivity index (χ1v) is 10.5. The molecule has 0 aliphatic carbocycles. The Hall–Kier alpha value is -3.72. The topological polar surface area (TPSA) is 125 Å². The van der Waals surface area contributed by atoms with Crippen molar-refractivity contribution >= 4 is 23.9 Å². The Balaban J connectivity index is 1.64. The zero-order valence-electron chi connectivity index (χ0n) is 18.3. The van der Waals surface area contributed by atoms with Gasteiger partial charge in [-0.3, -0.25) is 4.89 Å². The van der Waals surface area contributed by atoms with Crippen molar-refractivity contribution < 1.29 is 43.5 Å². The van der Waals surface area contributed by atoms with Crippen molar-refractivity contribution in [2.24, 2.45) is 0 Å². The normalized spacial score (nSPS) is 10.3. The van der Waals surface area contributed by atoms with Crippen molar-refractivity contribution in [1.82, 2.24) is 0 Å². The van der Waals surface area contributed by atoms with E-state index in [1.165, 1.54) is 48.5 Å². The van der Waals surface area contributed by atoms with Crippen LogP contribution in [0.15, 0.2) is 48.5 Å². The molecule has 0 saturated heterocycles. The molecule has 0 bridgehead atoms. The summed E-state index contributed by atoms with van der Waals surface area (Å²) in [6.45, 7) is 2.59. The van der Waals surface area contributed by atoms with Crippen LogP contribution in [0.25, 0.3) is 0 Å². The molecule has 0 radical (unpaired) electrons. The Morgan fingerprint density at radius 1 is 0.636 bits per heavy atom. The molecule has 9 heteroatoms. The second-order valence-electron chi connectivity index (χ2n) is 6.99. The fourth-order valence-electron chi connectivity index (χ4n) is 2.54. The minimum Gasteiger partial charge on any atom is -0.478 e. The summed E-state index contributed by atoms with van der Waals surface area (Å²) in [7, 11) is 0. The molecule has 2 aromatic carbocycles. The van der Waals surface area contributed by atoms with Crippen LogP contribution in [0, 0.1) is 0 Å². The largest absolute Gasteiger partial charge is 0.478 e.